The van der Waals surface area contributed by atoms with Crippen LogP contribution < -0.4 is 9.47 Å². The highest BCUT2D eigenvalue weighted by atomic mass is 16.5. The summed E-state index contributed by atoms with van der Waals surface area (Å²) < 4.78 is 10.3. The lowest BCUT2D eigenvalue weighted by Gasteiger charge is -2.17. The molecule has 2 heteroatoms. The van der Waals surface area contributed by atoms with E-state index in [9.17, 15) is 0 Å². The Morgan fingerprint density at radius 3 is 2.70 bits per heavy atom. The number of rotatable bonds is 1. The Balaban J connectivity index is 2.55. The van der Waals surface area contributed by atoms with Gasteiger partial charge in [0.1, 0.15) is 18.1 Å². The molecular weight excluding hydrogens is 128 g/mol. The third kappa shape index (κ3) is 0.652. The summed E-state index contributed by atoms with van der Waals surface area (Å²) in [7, 11) is 1.67. The fraction of sp³-hybridized carbons (Fsp3) is 0.250. The van der Waals surface area contributed by atoms with Crippen molar-refractivity contribution in [3.05, 3.63) is 23.8 Å². The van der Waals surface area contributed by atoms with Crippen LogP contribution in [0.25, 0.3) is 0 Å². The quantitative estimate of drug-likeness (QED) is 0.583. The molecule has 2 bridgehead atoms. The van der Waals surface area contributed by atoms with E-state index in [4.69, 9.17) is 9.47 Å². The first kappa shape index (κ1) is 5.59. The highest BCUT2D eigenvalue weighted by Crippen LogP contribution is 2.30. The molecule has 3 rings (SSSR count). The topological polar surface area (TPSA) is 18.5 Å². The van der Waals surface area contributed by atoms with E-state index in [1.54, 1.807) is 7.11 Å². The number of benzene rings is 1. The van der Waals surface area contributed by atoms with E-state index in [0.717, 1.165) is 17.1 Å². The maximum atomic E-state index is 5.25. The summed E-state index contributed by atoms with van der Waals surface area (Å²) in [6, 6.07) is 5.87. The Hall–Kier alpha value is -1.18. The molecule has 52 valence electrons. The van der Waals surface area contributed by atoms with E-state index in [1.165, 1.54) is 0 Å². The molecule has 1 aromatic carbocycles. The normalized spacial score (nSPS) is 12.9. The summed E-state index contributed by atoms with van der Waals surface area (Å²) in [5, 5.41) is 0. The molecule has 0 atom stereocenters. The van der Waals surface area contributed by atoms with Gasteiger partial charge in [-0.1, -0.05) is 0 Å². The van der Waals surface area contributed by atoms with Crippen molar-refractivity contribution < 1.29 is 9.47 Å². The molecule has 2 nitrogen and oxygen atoms in total. The lowest BCUT2D eigenvalue weighted by atomic mass is 10.1. The Morgan fingerprint density at radius 1 is 1.50 bits per heavy atom. The molecule has 0 saturated carbocycles. The predicted molar refractivity (Wildman–Crippen MR) is 37.3 cm³/mol. The molecule has 0 radical (unpaired) electrons. The van der Waals surface area contributed by atoms with E-state index in [2.05, 4.69) is 0 Å². The summed E-state index contributed by atoms with van der Waals surface area (Å²) >= 11 is 0. The Kier molecular flexibility index (Phi) is 1.07. The van der Waals surface area contributed by atoms with Gasteiger partial charge >= 0.3 is 0 Å². The van der Waals surface area contributed by atoms with Crippen LogP contribution in [0.1, 0.15) is 5.56 Å². The zero-order chi connectivity index (χ0) is 6.97. The largest absolute Gasteiger partial charge is 0.496 e. The second kappa shape index (κ2) is 1.90. The Labute approximate surface area is 59.4 Å². The van der Waals surface area contributed by atoms with Crippen molar-refractivity contribution >= 4 is 0 Å². The molecule has 1 aromatic rings. The van der Waals surface area contributed by atoms with Gasteiger partial charge in [0, 0.05) is 11.6 Å². The van der Waals surface area contributed by atoms with Gasteiger partial charge in [-0.15, -0.1) is 0 Å². The molecular formula is C8H8O2. The smallest absolute Gasteiger partial charge is 0.129 e. The molecule has 0 fully saturated rings. The molecule has 0 aromatic heterocycles. The minimum absolute atomic E-state index is 0.658. The van der Waals surface area contributed by atoms with Crippen LogP contribution in [0.4, 0.5) is 0 Å². The first-order valence-electron chi connectivity index (χ1n) is 3.20. The average molecular weight is 136 g/mol. The lowest BCUT2D eigenvalue weighted by molar-refractivity contribution is 0.278. The Bertz CT molecular complexity index is 255. The monoisotopic (exact) mass is 136 g/mol. The summed E-state index contributed by atoms with van der Waals surface area (Å²) in [5.74, 6) is 1.83. The molecule has 2 heterocycles. The van der Waals surface area contributed by atoms with Crippen LogP contribution in [0.5, 0.6) is 11.5 Å². The SMILES string of the molecule is COc1cc2ccc1CO2. The van der Waals surface area contributed by atoms with Gasteiger partial charge in [-0.3, -0.25) is 0 Å². The maximum Gasteiger partial charge on any atom is 0.129 e. The molecule has 0 spiro atoms. The van der Waals surface area contributed by atoms with Crippen molar-refractivity contribution in [1.82, 2.24) is 0 Å². The number of hydrogen-bond acceptors (Lipinski definition) is 2. The zero-order valence-electron chi connectivity index (χ0n) is 5.76. The number of hydrogen-bond donors (Lipinski definition) is 0. The maximum absolute atomic E-state index is 5.25. The van der Waals surface area contributed by atoms with Gasteiger partial charge in [-0.25, -0.2) is 0 Å². The average Bonchev–Trinajstić information content (AvgIpc) is 2.06. The fourth-order valence-corrected chi connectivity index (χ4v) is 1.10. The van der Waals surface area contributed by atoms with Gasteiger partial charge < -0.3 is 9.47 Å². The van der Waals surface area contributed by atoms with Crippen molar-refractivity contribution in [2.75, 3.05) is 7.11 Å². The lowest BCUT2D eigenvalue weighted by Crippen LogP contribution is -2.04. The van der Waals surface area contributed by atoms with Crippen molar-refractivity contribution in [3.8, 4) is 11.5 Å². The standard InChI is InChI=1S/C8H8O2/c1-9-8-4-7-3-2-6(8)5-10-7/h2-4H,5H2,1H3. The predicted octanol–water partition coefficient (Wildman–Crippen LogP) is 1.59. The summed E-state index contributed by atoms with van der Waals surface area (Å²) in [5.41, 5.74) is 1.12. The van der Waals surface area contributed by atoms with E-state index < -0.39 is 0 Å². The second-order valence-corrected chi connectivity index (χ2v) is 2.26. The second-order valence-electron chi connectivity index (χ2n) is 2.26. The molecule has 0 N–H and O–H groups in total. The van der Waals surface area contributed by atoms with Gasteiger partial charge in [0.15, 0.2) is 0 Å². The highest BCUT2D eigenvalue weighted by Gasteiger charge is 2.11. The van der Waals surface area contributed by atoms with Gasteiger partial charge in [-0.05, 0) is 12.1 Å². The fourth-order valence-electron chi connectivity index (χ4n) is 1.10. The molecule has 2 aliphatic rings. The molecule has 0 aliphatic carbocycles. The first-order chi connectivity index (χ1) is 4.90. The van der Waals surface area contributed by atoms with E-state index >= 15 is 0 Å². The van der Waals surface area contributed by atoms with Crippen molar-refractivity contribution in [2.45, 2.75) is 6.61 Å². The van der Waals surface area contributed by atoms with Crippen LogP contribution in [-0.2, 0) is 6.61 Å². The minimum Gasteiger partial charge on any atom is -0.496 e. The third-order valence-corrected chi connectivity index (χ3v) is 1.65. The minimum atomic E-state index is 0.658. The van der Waals surface area contributed by atoms with Crippen molar-refractivity contribution in [2.24, 2.45) is 0 Å². The highest BCUT2D eigenvalue weighted by molar-refractivity contribution is 5.43. The molecule has 10 heavy (non-hydrogen) atoms. The number of ether oxygens (including phenoxy) is 2. The van der Waals surface area contributed by atoms with Crippen LogP contribution in [0.3, 0.4) is 0 Å². The van der Waals surface area contributed by atoms with Gasteiger partial charge in [0.05, 0.1) is 7.11 Å². The van der Waals surface area contributed by atoms with Gasteiger partial charge in [0.25, 0.3) is 0 Å². The van der Waals surface area contributed by atoms with Crippen LogP contribution in [-0.4, -0.2) is 7.11 Å². The molecule has 0 unspecified atom stereocenters. The number of methoxy groups -OCH3 is 1. The molecule has 0 saturated heterocycles. The van der Waals surface area contributed by atoms with Crippen LogP contribution >= 0.6 is 0 Å². The Morgan fingerprint density at radius 2 is 2.40 bits per heavy atom. The summed E-state index contributed by atoms with van der Waals surface area (Å²) in [4.78, 5) is 0. The van der Waals surface area contributed by atoms with E-state index in [-0.39, 0.29) is 0 Å². The first-order valence-corrected chi connectivity index (χ1v) is 3.20. The summed E-state index contributed by atoms with van der Waals surface area (Å²) in [6.45, 7) is 0.658. The molecule has 0 amide bonds. The molecule has 2 aliphatic heterocycles. The number of fused-ring (bicyclic) bond motifs is 3. The third-order valence-electron chi connectivity index (χ3n) is 1.65. The zero-order valence-corrected chi connectivity index (χ0v) is 5.76. The van der Waals surface area contributed by atoms with E-state index in [0.29, 0.717) is 6.61 Å². The van der Waals surface area contributed by atoms with Crippen molar-refractivity contribution in [1.29, 1.82) is 0 Å². The summed E-state index contributed by atoms with van der Waals surface area (Å²) in [6.07, 6.45) is 0. The van der Waals surface area contributed by atoms with Crippen LogP contribution in [0, 0.1) is 0 Å². The van der Waals surface area contributed by atoms with Gasteiger partial charge in [-0.2, -0.15) is 0 Å². The van der Waals surface area contributed by atoms with Crippen LogP contribution in [0.15, 0.2) is 18.2 Å². The van der Waals surface area contributed by atoms with Gasteiger partial charge in [0.2, 0.25) is 0 Å². The van der Waals surface area contributed by atoms with Crippen LogP contribution in [0.2, 0.25) is 0 Å². The van der Waals surface area contributed by atoms with Crippen molar-refractivity contribution in [3.63, 3.8) is 0 Å². The van der Waals surface area contributed by atoms with E-state index in [1.807, 2.05) is 18.2 Å².